The zero-order valence-electron chi connectivity index (χ0n) is 14.1. The Hall–Kier alpha value is -2.68. The van der Waals surface area contributed by atoms with Crippen LogP contribution < -0.4 is 10.6 Å². The summed E-state index contributed by atoms with van der Waals surface area (Å²) < 4.78 is 2.07. The Balaban J connectivity index is 1.92. The van der Waals surface area contributed by atoms with Gasteiger partial charge in [0.15, 0.2) is 5.65 Å². The fourth-order valence-electron chi connectivity index (χ4n) is 2.55. The third kappa shape index (κ3) is 3.27. The molecule has 3 rings (SSSR count). The minimum atomic E-state index is -0.543. The highest BCUT2D eigenvalue weighted by atomic mass is 32.2. The van der Waals surface area contributed by atoms with Crippen LogP contribution in [0.4, 0.5) is 4.79 Å². The standard InChI is InChI=1S/C16H18N6O2S/c1-4-22-11-8-6-5-7-10(11)12-13(22)18-16(21-20-12)25-9(2)14(23)19-15(24)17-3/h5-9H,4H2,1-3H3,(H2,17,19,23,24). The Kier molecular flexibility index (Phi) is 4.84. The Labute approximate surface area is 148 Å². The summed E-state index contributed by atoms with van der Waals surface area (Å²) in [5.41, 5.74) is 2.53. The van der Waals surface area contributed by atoms with E-state index in [1.165, 1.54) is 7.05 Å². The largest absolute Gasteiger partial charge is 0.341 e. The molecule has 2 heterocycles. The number of carbonyl (C=O) groups excluding carboxylic acids is 2. The fourth-order valence-corrected chi connectivity index (χ4v) is 3.26. The molecule has 0 aliphatic carbocycles. The summed E-state index contributed by atoms with van der Waals surface area (Å²) in [4.78, 5) is 27.8. The van der Waals surface area contributed by atoms with E-state index >= 15 is 0 Å². The lowest BCUT2D eigenvalue weighted by Crippen LogP contribution is -2.41. The van der Waals surface area contributed by atoms with E-state index in [1.807, 2.05) is 31.2 Å². The van der Waals surface area contributed by atoms with Crippen LogP contribution in [0.5, 0.6) is 0 Å². The number of benzene rings is 1. The maximum absolute atomic E-state index is 12.0. The Morgan fingerprint density at radius 2 is 2.04 bits per heavy atom. The van der Waals surface area contributed by atoms with Gasteiger partial charge in [0.25, 0.3) is 0 Å². The van der Waals surface area contributed by atoms with Crippen LogP contribution >= 0.6 is 11.8 Å². The quantitative estimate of drug-likeness (QED) is 0.691. The van der Waals surface area contributed by atoms with E-state index in [2.05, 4.69) is 30.4 Å². The predicted molar refractivity (Wildman–Crippen MR) is 96.4 cm³/mol. The number of nitrogens with zero attached hydrogens (tertiary/aromatic N) is 4. The summed E-state index contributed by atoms with van der Waals surface area (Å²) in [6.07, 6.45) is 0. The first kappa shape index (κ1) is 17.2. The van der Waals surface area contributed by atoms with Crippen molar-refractivity contribution in [2.75, 3.05) is 7.05 Å². The highest BCUT2D eigenvalue weighted by molar-refractivity contribution is 8.00. The van der Waals surface area contributed by atoms with Gasteiger partial charge in [0.05, 0.1) is 10.8 Å². The van der Waals surface area contributed by atoms with Gasteiger partial charge in [-0.3, -0.25) is 10.1 Å². The molecule has 3 aromatic rings. The van der Waals surface area contributed by atoms with E-state index in [0.717, 1.165) is 40.4 Å². The van der Waals surface area contributed by atoms with Gasteiger partial charge in [-0.1, -0.05) is 30.0 Å². The molecule has 0 bridgehead atoms. The van der Waals surface area contributed by atoms with Crippen molar-refractivity contribution in [3.63, 3.8) is 0 Å². The molecule has 130 valence electrons. The van der Waals surface area contributed by atoms with Crippen LogP contribution in [0, 0.1) is 0 Å². The molecule has 0 saturated carbocycles. The molecule has 0 saturated heterocycles. The van der Waals surface area contributed by atoms with E-state index in [0.29, 0.717) is 5.16 Å². The molecule has 2 aromatic heterocycles. The second kappa shape index (κ2) is 7.06. The summed E-state index contributed by atoms with van der Waals surface area (Å²) in [7, 11) is 1.45. The lowest BCUT2D eigenvalue weighted by Gasteiger charge is -2.09. The number of carbonyl (C=O) groups is 2. The van der Waals surface area contributed by atoms with E-state index in [9.17, 15) is 9.59 Å². The maximum Gasteiger partial charge on any atom is 0.321 e. The Morgan fingerprint density at radius 1 is 1.28 bits per heavy atom. The zero-order chi connectivity index (χ0) is 18.0. The lowest BCUT2D eigenvalue weighted by atomic mass is 10.2. The second-order valence-corrected chi connectivity index (χ2v) is 6.66. The zero-order valence-corrected chi connectivity index (χ0v) is 14.9. The maximum atomic E-state index is 12.0. The average Bonchev–Trinajstić information content (AvgIpc) is 2.94. The predicted octanol–water partition coefficient (Wildman–Crippen LogP) is 1.94. The average molecular weight is 358 g/mol. The minimum Gasteiger partial charge on any atom is -0.341 e. The molecular weight excluding hydrogens is 340 g/mol. The number of thioether (sulfide) groups is 1. The fraction of sp³-hybridized carbons (Fsp3) is 0.312. The van der Waals surface area contributed by atoms with Gasteiger partial charge < -0.3 is 9.88 Å². The van der Waals surface area contributed by atoms with Crippen molar-refractivity contribution in [1.29, 1.82) is 0 Å². The molecule has 1 unspecified atom stereocenters. The lowest BCUT2D eigenvalue weighted by molar-refractivity contribution is -0.119. The molecule has 0 fully saturated rings. The van der Waals surface area contributed by atoms with Gasteiger partial charge in [0.2, 0.25) is 11.1 Å². The third-order valence-corrected chi connectivity index (χ3v) is 4.74. The SMILES string of the molecule is CCn1c2ccccc2c2nnc(SC(C)C(=O)NC(=O)NC)nc21. The molecule has 0 spiro atoms. The van der Waals surface area contributed by atoms with Crippen LogP contribution in [0.15, 0.2) is 29.4 Å². The minimum absolute atomic E-state index is 0.393. The van der Waals surface area contributed by atoms with Gasteiger partial charge in [-0.2, -0.15) is 0 Å². The van der Waals surface area contributed by atoms with Crippen LogP contribution in [0.25, 0.3) is 22.1 Å². The number of aromatic nitrogens is 4. The molecule has 0 aliphatic heterocycles. The molecule has 1 aromatic carbocycles. The van der Waals surface area contributed by atoms with Crippen molar-refractivity contribution in [2.24, 2.45) is 0 Å². The number of urea groups is 1. The van der Waals surface area contributed by atoms with Gasteiger partial charge in [-0.25, -0.2) is 9.78 Å². The Morgan fingerprint density at radius 3 is 2.76 bits per heavy atom. The van der Waals surface area contributed by atoms with Crippen LogP contribution in [0.3, 0.4) is 0 Å². The number of rotatable bonds is 4. The molecule has 8 nitrogen and oxygen atoms in total. The number of nitrogens with one attached hydrogen (secondary N) is 2. The van der Waals surface area contributed by atoms with E-state index in [1.54, 1.807) is 6.92 Å². The number of para-hydroxylation sites is 1. The van der Waals surface area contributed by atoms with Crippen LogP contribution in [0.2, 0.25) is 0 Å². The normalized spacial score (nSPS) is 12.3. The van der Waals surface area contributed by atoms with Gasteiger partial charge >= 0.3 is 6.03 Å². The molecule has 25 heavy (non-hydrogen) atoms. The van der Waals surface area contributed by atoms with Gasteiger partial charge in [-0.05, 0) is 19.9 Å². The highest BCUT2D eigenvalue weighted by Crippen LogP contribution is 2.27. The van der Waals surface area contributed by atoms with Crippen LogP contribution in [-0.4, -0.2) is 44.0 Å². The molecule has 3 amide bonds. The topological polar surface area (TPSA) is 102 Å². The number of fused-ring (bicyclic) bond motifs is 3. The highest BCUT2D eigenvalue weighted by Gasteiger charge is 2.20. The van der Waals surface area contributed by atoms with Crippen molar-refractivity contribution in [3.05, 3.63) is 24.3 Å². The number of imide groups is 1. The molecule has 9 heteroatoms. The summed E-state index contributed by atoms with van der Waals surface area (Å²) in [5.74, 6) is -0.413. The van der Waals surface area contributed by atoms with Gasteiger partial charge in [0, 0.05) is 19.0 Å². The first-order valence-corrected chi connectivity index (χ1v) is 8.74. The van der Waals surface area contributed by atoms with Crippen molar-refractivity contribution >= 4 is 45.8 Å². The van der Waals surface area contributed by atoms with E-state index in [-0.39, 0.29) is 0 Å². The number of hydrogen-bond acceptors (Lipinski definition) is 6. The summed E-state index contributed by atoms with van der Waals surface area (Å²) in [5, 5.41) is 13.9. The molecule has 1 atom stereocenters. The smallest absolute Gasteiger partial charge is 0.321 e. The summed E-state index contributed by atoms with van der Waals surface area (Å²) >= 11 is 1.16. The molecule has 0 radical (unpaired) electrons. The van der Waals surface area contributed by atoms with Crippen LogP contribution in [-0.2, 0) is 11.3 Å². The summed E-state index contributed by atoms with van der Waals surface area (Å²) in [6.45, 7) is 4.48. The second-order valence-electron chi connectivity index (χ2n) is 5.36. The monoisotopic (exact) mass is 358 g/mol. The molecule has 0 aliphatic rings. The van der Waals surface area contributed by atoms with Gasteiger partial charge in [-0.15, -0.1) is 10.2 Å². The van der Waals surface area contributed by atoms with Crippen molar-refractivity contribution < 1.29 is 9.59 Å². The third-order valence-electron chi connectivity index (χ3n) is 3.79. The van der Waals surface area contributed by atoms with E-state index < -0.39 is 17.2 Å². The Bertz CT molecular complexity index is 954. The van der Waals surface area contributed by atoms with Crippen molar-refractivity contribution in [2.45, 2.75) is 30.8 Å². The number of hydrogen-bond donors (Lipinski definition) is 2. The van der Waals surface area contributed by atoms with Crippen LogP contribution in [0.1, 0.15) is 13.8 Å². The molecule has 2 N–H and O–H groups in total. The number of aryl methyl sites for hydroxylation is 1. The number of amides is 3. The van der Waals surface area contributed by atoms with E-state index in [4.69, 9.17) is 0 Å². The van der Waals surface area contributed by atoms with Crippen molar-refractivity contribution in [1.82, 2.24) is 30.4 Å². The first-order chi connectivity index (χ1) is 12.0. The van der Waals surface area contributed by atoms with Crippen molar-refractivity contribution in [3.8, 4) is 0 Å². The van der Waals surface area contributed by atoms with Gasteiger partial charge in [0.1, 0.15) is 5.52 Å². The first-order valence-electron chi connectivity index (χ1n) is 7.86. The molecular formula is C16H18N6O2S. The summed E-state index contributed by atoms with van der Waals surface area (Å²) in [6, 6.07) is 7.40.